The average molecular weight is 365 g/mol. The number of H-pyrrole nitrogens is 1. The van der Waals surface area contributed by atoms with Gasteiger partial charge in [0, 0.05) is 56.0 Å². The molecule has 0 aliphatic rings. The minimum atomic E-state index is 0. The third-order valence-corrected chi connectivity index (χ3v) is 4.36. The molecule has 4 aromatic rings. The van der Waals surface area contributed by atoms with Gasteiger partial charge < -0.3 is 14.7 Å². The van der Waals surface area contributed by atoms with E-state index in [0.717, 1.165) is 16.4 Å². The number of nitrogens with one attached hydrogen (secondary N) is 1. The number of phenols is 1. The number of aromatic nitrogens is 2. The number of nitrogens with zero attached hydrogens (tertiary/aromatic N) is 1. The maximum absolute atomic E-state index is 9.80. The topological polar surface area (TPSA) is 39.9 Å². The molecule has 1 radical (unpaired) electrons. The normalized spacial score (nSPS) is 11.2. The minimum absolute atomic E-state index is 0. The van der Waals surface area contributed by atoms with E-state index in [0.29, 0.717) is 5.75 Å². The zero-order valence-electron chi connectivity index (χ0n) is 12.6. The summed E-state index contributed by atoms with van der Waals surface area (Å²) in [5.74, 6) is 0.292. The van der Waals surface area contributed by atoms with Crippen molar-refractivity contribution in [1.82, 2.24) is 4.98 Å². The molecule has 2 heterocycles. The quantitative estimate of drug-likeness (QED) is 0.362. The summed E-state index contributed by atoms with van der Waals surface area (Å²) in [5.41, 5.74) is 4.62. The number of fused-ring (bicyclic) bond motifs is 4. The van der Waals surface area contributed by atoms with Crippen molar-refractivity contribution < 1.29 is 42.4 Å². The van der Waals surface area contributed by atoms with Gasteiger partial charge in [0.05, 0.1) is 17.9 Å². The molecule has 2 aromatic heterocycles. The van der Waals surface area contributed by atoms with Gasteiger partial charge in [-0.3, -0.25) is 0 Å². The first-order valence-corrected chi connectivity index (χ1v) is 6.95. The number of aromatic hydroxyl groups is 1. The SMILES string of the molecule is [CH2-][n+]1ccc2c(C)c3[nH]c4ccc(O)cc4c3c(C)c2c1.[Y]. The molecule has 22 heavy (non-hydrogen) atoms. The first kappa shape index (κ1) is 15.3. The van der Waals surface area contributed by atoms with Gasteiger partial charge in [-0.2, -0.15) is 0 Å². The van der Waals surface area contributed by atoms with E-state index in [2.05, 4.69) is 38.1 Å². The first-order chi connectivity index (χ1) is 10.1. The number of aromatic amines is 1. The summed E-state index contributed by atoms with van der Waals surface area (Å²) in [6.45, 7) is 4.26. The molecule has 2 aromatic carbocycles. The molecule has 2 N–H and O–H groups in total. The van der Waals surface area contributed by atoms with Crippen LogP contribution < -0.4 is 4.57 Å². The molecular formula is C18H16N2OY. The monoisotopic (exact) mass is 365 g/mol. The predicted molar refractivity (Wildman–Crippen MR) is 85.4 cm³/mol. The zero-order chi connectivity index (χ0) is 14.7. The number of rotatable bonds is 0. The van der Waals surface area contributed by atoms with Crippen molar-refractivity contribution in [2.24, 2.45) is 0 Å². The van der Waals surface area contributed by atoms with Gasteiger partial charge in [-0.05, 0) is 60.0 Å². The van der Waals surface area contributed by atoms with E-state index in [4.69, 9.17) is 0 Å². The largest absolute Gasteiger partial charge is 0.508 e. The second-order valence-electron chi connectivity index (χ2n) is 5.64. The molecule has 0 atom stereocenters. The molecular weight excluding hydrogens is 349 g/mol. The third-order valence-electron chi connectivity index (χ3n) is 4.36. The van der Waals surface area contributed by atoms with E-state index >= 15 is 0 Å². The molecule has 0 saturated heterocycles. The van der Waals surface area contributed by atoms with Gasteiger partial charge in [-0.15, -0.1) is 0 Å². The second-order valence-corrected chi connectivity index (χ2v) is 5.64. The summed E-state index contributed by atoms with van der Waals surface area (Å²) in [6, 6.07) is 7.57. The van der Waals surface area contributed by atoms with E-state index in [1.807, 2.05) is 22.9 Å². The van der Waals surface area contributed by atoms with Crippen LogP contribution in [0.2, 0.25) is 0 Å². The molecule has 0 aliphatic heterocycles. The van der Waals surface area contributed by atoms with Crippen LogP contribution in [0.5, 0.6) is 5.75 Å². The fraction of sp³-hybridized carbons (Fsp3) is 0.111. The number of hydrogen-bond donors (Lipinski definition) is 2. The molecule has 3 nitrogen and oxygen atoms in total. The Morgan fingerprint density at radius 3 is 2.59 bits per heavy atom. The van der Waals surface area contributed by atoms with Crippen LogP contribution in [0.25, 0.3) is 32.6 Å². The molecule has 0 aliphatic carbocycles. The average Bonchev–Trinajstić information content (AvgIpc) is 2.83. The molecule has 0 fully saturated rings. The number of hydrogen-bond acceptors (Lipinski definition) is 1. The molecule has 4 heteroatoms. The van der Waals surface area contributed by atoms with Crippen molar-refractivity contribution >= 4 is 32.6 Å². The van der Waals surface area contributed by atoms with Crippen LogP contribution in [-0.4, -0.2) is 10.1 Å². The third kappa shape index (κ3) is 2.04. The van der Waals surface area contributed by atoms with E-state index in [-0.39, 0.29) is 32.7 Å². The van der Waals surface area contributed by atoms with Crippen molar-refractivity contribution in [3.63, 3.8) is 0 Å². The van der Waals surface area contributed by atoms with Gasteiger partial charge in [0.25, 0.3) is 0 Å². The van der Waals surface area contributed by atoms with E-state index in [9.17, 15) is 5.11 Å². The van der Waals surface area contributed by atoms with Gasteiger partial charge in [0.15, 0.2) is 0 Å². The number of pyridine rings is 1. The second kappa shape index (κ2) is 5.25. The van der Waals surface area contributed by atoms with Crippen LogP contribution in [0.1, 0.15) is 11.1 Å². The molecule has 4 rings (SSSR count). The van der Waals surface area contributed by atoms with Crippen LogP contribution in [0, 0.1) is 20.9 Å². The Hall–Kier alpha value is -1.58. The Labute approximate surface area is 153 Å². The smallest absolute Gasteiger partial charge is 0.116 e. The summed E-state index contributed by atoms with van der Waals surface area (Å²) < 4.78 is 1.83. The molecule has 0 unspecified atom stereocenters. The minimum Gasteiger partial charge on any atom is -0.508 e. The Morgan fingerprint density at radius 2 is 1.82 bits per heavy atom. The Morgan fingerprint density at radius 1 is 1.05 bits per heavy atom. The Kier molecular flexibility index (Phi) is 3.66. The van der Waals surface area contributed by atoms with E-state index in [1.54, 1.807) is 6.07 Å². The fourth-order valence-corrected chi connectivity index (χ4v) is 3.28. The van der Waals surface area contributed by atoms with Gasteiger partial charge in [-0.1, -0.05) is 0 Å². The van der Waals surface area contributed by atoms with Crippen molar-refractivity contribution in [2.45, 2.75) is 13.8 Å². The van der Waals surface area contributed by atoms with Crippen molar-refractivity contribution in [3.05, 3.63) is 54.8 Å². The van der Waals surface area contributed by atoms with Gasteiger partial charge >= 0.3 is 0 Å². The predicted octanol–water partition coefficient (Wildman–Crippen LogP) is 3.72. The number of benzene rings is 2. The Balaban J connectivity index is 0.00000144. The van der Waals surface area contributed by atoms with E-state index < -0.39 is 0 Å². The van der Waals surface area contributed by atoms with Gasteiger partial charge in [0.2, 0.25) is 0 Å². The summed E-state index contributed by atoms with van der Waals surface area (Å²) in [7, 11) is 3.95. The molecule has 0 spiro atoms. The number of aryl methyl sites for hydroxylation is 2. The van der Waals surface area contributed by atoms with Crippen LogP contribution in [-0.2, 0) is 32.7 Å². The zero-order valence-corrected chi connectivity index (χ0v) is 15.5. The van der Waals surface area contributed by atoms with Crippen LogP contribution in [0.3, 0.4) is 0 Å². The molecule has 0 amide bonds. The fourth-order valence-electron chi connectivity index (χ4n) is 3.28. The maximum atomic E-state index is 9.80. The van der Waals surface area contributed by atoms with Crippen molar-refractivity contribution in [1.29, 1.82) is 0 Å². The summed E-state index contributed by atoms with van der Waals surface area (Å²) in [6.07, 6.45) is 4.02. The van der Waals surface area contributed by atoms with Crippen molar-refractivity contribution in [3.8, 4) is 5.75 Å². The standard InChI is InChI=1S/C18H16N2O.Y/c1-10-15-9-20(3)7-6-13(15)11(2)18-17(10)14-8-12(21)4-5-16(14)19-18;/h4-9,19,21H,3H2,1-2H3;. The van der Waals surface area contributed by atoms with Crippen molar-refractivity contribution in [2.75, 3.05) is 0 Å². The van der Waals surface area contributed by atoms with Crippen LogP contribution in [0.15, 0.2) is 36.7 Å². The summed E-state index contributed by atoms with van der Waals surface area (Å²) in [5, 5.41) is 14.5. The Bertz CT molecular complexity index is 1030. The van der Waals surface area contributed by atoms with Gasteiger partial charge in [-0.25, -0.2) is 0 Å². The van der Waals surface area contributed by atoms with Gasteiger partial charge in [0.1, 0.15) is 5.75 Å². The number of phenolic OH excluding ortho intramolecular Hbond substituents is 1. The maximum Gasteiger partial charge on any atom is 0.116 e. The molecule has 0 bridgehead atoms. The molecule has 0 saturated carbocycles. The van der Waals surface area contributed by atoms with Crippen LogP contribution >= 0.6 is 0 Å². The van der Waals surface area contributed by atoms with E-state index in [1.165, 1.54) is 27.3 Å². The summed E-state index contributed by atoms with van der Waals surface area (Å²) >= 11 is 0. The molecule has 107 valence electrons. The first-order valence-electron chi connectivity index (χ1n) is 6.95. The summed E-state index contributed by atoms with van der Waals surface area (Å²) in [4.78, 5) is 3.49. The van der Waals surface area contributed by atoms with Crippen LogP contribution in [0.4, 0.5) is 0 Å².